The smallest absolute Gasteiger partial charge is 0.204 e. The van der Waals surface area contributed by atoms with Crippen LogP contribution in [0, 0.1) is 6.92 Å². The lowest BCUT2D eigenvalue weighted by molar-refractivity contribution is 0.0999. The zero-order chi connectivity index (χ0) is 19.8. The first kappa shape index (κ1) is 19.3. The summed E-state index contributed by atoms with van der Waals surface area (Å²) in [5, 5.41) is -0.647. The summed E-state index contributed by atoms with van der Waals surface area (Å²) in [5.41, 5.74) is 1.53. The minimum atomic E-state index is -3.74. The van der Waals surface area contributed by atoms with Crippen LogP contribution in [0.15, 0.2) is 94.7 Å². The molecule has 3 aromatic rings. The summed E-state index contributed by atoms with van der Waals surface area (Å²) in [4.78, 5) is 14.1. The van der Waals surface area contributed by atoms with E-state index in [9.17, 15) is 13.2 Å². The van der Waals surface area contributed by atoms with Gasteiger partial charge in [0.1, 0.15) is 5.25 Å². The number of hydrogen-bond donors (Lipinski definition) is 0. The van der Waals surface area contributed by atoms with Crippen molar-refractivity contribution in [1.29, 1.82) is 0 Å². The fourth-order valence-electron chi connectivity index (χ4n) is 2.97. The van der Waals surface area contributed by atoms with Crippen molar-refractivity contribution in [2.24, 2.45) is 0 Å². The lowest BCUT2D eigenvalue weighted by Crippen LogP contribution is -2.27. The van der Waals surface area contributed by atoms with Crippen LogP contribution in [-0.4, -0.2) is 22.9 Å². The summed E-state index contributed by atoms with van der Waals surface area (Å²) < 4.78 is 25.9. The molecule has 0 saturated carbocycles. The Morgan fingerprint density at radius 3 is 2.07 bits per heavy atom. The highest BCUT2D eigenvalue weighted by molar-refractivity contribution is 8.38. The van der Waals surface area contributed by atoms with Crippen molar-refractivity contribution < 1.29 is 13.2 Å². The summed E-state index contributed by atoms with van der Waals surface area (Å²) >= 11 is 2.46. The third kappa shape index (κ3) is 3.41. The number of ketones is 1. The van der Waals surface area contributed by atoms with Crippen molar-refractivity contribution in [1.82, 2.24) is 0 Å². The Morgan fingerprint density at radius 1 is 0.893 bits per heavy atom. The van der Waals surface area contributed by atoms with Gasteiger partial charge in [-0.1, -0.05) is 78.0 Å². The van der Waals surface area contributed by atoms with Gasteiger partial charge in [0, 0.05) is 10.5 Å². The van der Waals surface area contributed by atoms with Gasteiger partial charge in [-0.25, -0.2) is 8.42 Å². The van der Waals surface area contributed by atoms with E-state index in [0.29, 0.717) is 5.56 Å². The molecule has 0 aromatic heterocycles. The average molecular weight is 427 g/mol. The summed E-state index contributed by atoms with van der Waals surface area (Å²) in [7, 11) is -3.74. The van der Waals surface area contributed by atoms with Gasteiger partial charge in [-0.05, 0) is 31.2 Å². The van der Waals surface area contributed by atoms with Crippen LogP contribution in [0.1, 0.15) is 15.9 Å². The molecule has 2 atom stereocenters. The molecule has 0 bridgehead atoms. The van der Waals surface area contributed by atoms with Crippen molar-refractivity contribution in [3.8, 4) is 0 Å². The second-order valence-electron chi connectivity index (χ2n) is 6.56. The fraction of sp³-hybridized carbons (Fsp3) is 0.136. The highest BCUT2D eigenvalue weighted by atomic mass is 32.3. The van der Waals surface area contributed by atoms with Gasteiger partial charge in [0.25, 0.3) is 0 Å². The van der Waals surface area contributed by atoms with Gasteiger partial charge >= 0.3 is 0 Å². The second-order valence-corrected chi connectivity index (χ2v) is 12.1. The van der Waals surface area contributed by atoms with Gasteiger partial charge in [-0.15, -0.1) is 11.8 Å². The molecule has 4 rings (SSSR count). The molecule has 0 radical (unpaired) electrons. The zero-order valence-electron chi connectivity index (χ0n) is 15.1. The van der Waals surface area contributed by atoms with Crippen molar-refractivity contribution in [3.63, 3.8) is 0 Å². The molecular weight excluding hydrogens is 408 g/mol. The van der Waals surface area contributed by atoms with Crippen molar-refractivity contribution in [3.05, 3.63) is 96.1 Å². The van der Waals surface area contributed by atoms with Gasteiger partial charge in [-0.2, -0.15) is 0 Å². The van der Waals surface area contributed by atoms with E-state index in [-0.39, 0.29) is 10.7 Å². The monoisotopic (exact) mass is 426 g/mol. The number of sulfone groups is 1. The van der Waals surface area contributed by atoms with E-state index >= 15 is 0 Å². The SMILES string of the molecule is Cc1ccc(S(=O)(=O)[C@]2(Sc3ccccc3)S[C@@H]2C(=O)c2ccccc2)cc1. The van der Waals surface area contributed by atoms with E-state index in [0.717, 1.165) is 10.5 Å². The Morgan fingerprint density at radius 2 is 1.46 bits per heavy atom. The molecule has 1 saturated heterocycles. The maximum absolute atomic E-state index is 13.6. The summed E-state index contributed by atoms with van der Waals surface area (Å²) in [6, 6.07) is 25.1. The van der Waals surface area contributed by atoms with Crippen LogP contribution in [0.3, 0.4) is 0 Å². The van der Waals surface area contributed by atoms with Gasteiger partial charge in [0.05, 0.1) is 4.90 Å². The quantitative estimate of drug-likeness (QED) is 0.400. The van der Waals surface area contributed by atoms with Crippen molar-refractivity contribution in [2.75, 3.05) is 0 Å². The number of carbonyl (C=O) groups excluding carboxylic acids is 1. The minimum absolute atomic E-state index is 0.148. The van der Waals surface area contributed by atoms with Gasteiger partial charge in [0.2, 0.25) is 9.84 Å². The molecular formula is C22H18O3S3. The van der Waals surface area contributed by atoms with Crippen LogP contribution >= 0.6 is 23.5 Å². The van der Waals surface area contributed by atoms with Crippen LogP contribution < -0.4 is 0 Å². The van der Waals surface area contributed by atoms with Crippen LogP contribution in [0.25, 0.3) is 0 Å². The number of rotatable bonds is 6. The summed E-state index contributed by atoms with van der Waals surface area (Å²) in [5.74, 6) is -0.148. The summed E-state index contributed by atoms with van der Waals surface area (Å²) in [6.45, 7) is 1.92. The molecule has 0 aliphatic carbocycles. The number of thioether (sulfide) groups is 2. The molecule has 1 aliphatic rings. The topological polar surface area (TPSA) is 51.2 Å². The maximum atomic E-state index is 13.6. The number of hydrogen-bond acceptors (Lipinski definition) is 5. The summed E-state index contributed by atoms with van der Waals surface area (Å²) in [6.07, 6.45) is 0. The first-order chi connectivity index (χ1) is 13.4. The number of carbonyl (C=O) groups is 1. The molecule has 142 valence electrons. The molecule has 6 heteroatoms. The highest BCUT2D eigenvalue weighted by Crippen LogP contribution is 2.68. The van der Waals surface area contributed by atoms with Crippen molar-refractivity contribution in [2.45, 2.75) is 25.4 Å². The average Bonchev–Trinajstić information content (AvgIpc) is 3.45. The maximum Gasteiger partial charge on any atom is 0.204 e. The third-order valence-electron chi connectivity index (χ3n) is 4.55. The van der Waals surface area contributed by atoms with E-state index < -0.39 is 18.5 Å². The molecule has 1 fully saturated rings. The number of aryl methyl sites for hydroxylation is 1. The van der Waals surface area contributed by atoms with Gasteiger partial charge in [-0.3, -0.25) is 4.79 Å². The van der Waals surface area contributed by atoms with E-state index in [1.807, 2.05) is 43.3 Å². The van der Waals surface area contributed by atoms with E-state index in [2.05, 4.69) is 0 Å². The largest absolute Gasteiger partial charge is 0.293 e. The van der Waals surface area contributed by atoms with Crippen LogP contribution in [0.4, 0.5) is 0 Å². The van der Waals surface area contributed by atoms with Crippen LogP contribution in [-0.2, 0) is 9.84 Å². The van der Waals surface area contributed by atoms with Gasteiger partial charge in [0.15, 0.2) is 9.19 Å². The Labute approximate surface area is 173 Å². The normalized spacial score (nSPS) is 21.2. The number of Topliss-reactive ketones (excluding diaryl/α,β-unsaturated/α-hetero) is 1. The molecule has 0 unspecified atom stereocenters. The molecule has 3 nitrogen and oxygen atoms in total. The molecule has 0 spiro atoms. The standard InChI is InChI=1S/C22H18O3S3/c1-16-12-14-19(15-13-16)28(24,25)22(26-18-10-6-3-7-11-18)21(27-22)20(23)17-8-4-2-5-9-17/h2-15,21H,1H3/t21-,22-/m1/s1. The highest BCUT2D eigenvalue weighted by Gasteiger charge is 2.69. The Bertz CT molecular complexity index is 1090. The number of benzene rings is 3. The third-order valence-corrected chi connectivity index (χ3v) is 11.3. The fourth-order valence-corrected chi connectivity index (χ4v) is 9.02. The molecule has 0 amide bonds. The molecule has 1 aliphatic heterocycles. The first-order valence-corrected chi connectivity index (χ1v) is 11.9. The molecule has 0 N–H and O–H groups in total. The molecule has 1 heterocycles. The molecule has 28 heavy (non-hydrogen) atoms. The predicted molar refractivity (Wildman–Crippen MR) is 116 cm³/mol. The second kappa shape index (κ2) is 7.43. The zero-order valence-corrected chi connectivity index (χ0v) is 17.6. The lowest BCUT2D eigenvalue weighted by Gasteiger charge is -2.16. The van der Waals surface area contributed by atoms with Crippen molar-refractivity contribution >= 4 is 39.1 Å². The van der Waals surface area contributed by atoms with Crippen LogP contribution in [0.5, 0.6) is 0 Å². The molecule has 3 aromatic carbocycles. The first-order valence-electron chi connectivity index (χ1n) is 8.76. The van der Waals surface area contributed by atoms with E-state index in [4.69, 9.17) is 0 Å². The Hall–Kier alpha value is -2.02. The van der Waals surface area contributed by atoms with E-state index in [1.165, 1.54) is 23.5 Å². The Kier molecular flexibility index (Phi) is 5.12. The lowest BCUT2D eigenvalue weighted by atomic mass is 10.1. The predicted octanol–water partition coefficient (Wildman–Crippen LogP) is 5.21. The Balaban J connectivity index is 1.75. The van der Waals surface area contributed by atoms with Crippen LogP contribution in [0.2, 0.25) is 0 Å². The van der Waals surface area contributed by atoms with E-state index in [1.54, 1.807) is 48.5 Å². The van der Waals surface area contributed by atoms with Gasteiger partial charge < -0.3 is 0 Å². The minimum Gasteiger partial charge on any atom is -0.293 e.